The number of rotatable bonds is 6. The summed E-state index contributed by atoms with van der Waals surface area (Å²) in [5, 5.41) is 22.1. The van der Waals surface area contributed by atoms with E-state index in [1.165, 1.54) is 18.2 Å². The molecule has 172 valence electrons. The fourth-order valence-corrected chi connectivity index (χ4v) is 4.35. The second-order valence-corrected chi connectivity index (χ2v) is 9.58. The molecule has 1 heterocycles. The van der Waals surface area contributed by atoms with Crippen LogP contribution in [-0.4, -0.2) is 26.0 Å². The number of aromatic nitrogens is 3. The van der Waals surface area contributed by atoms with Gasteiger partial charge in [0.05, 0.1) is 11.0 Å². The van der Waals surface area contributed by atoms with Gasteiger partial charge in [-0.25, -0.2) is 0 Å². The fourth-order valence-electron chi connectivity index (χ4n) is 4.35. The molecule has 1 fully saturated rings. The smallest absolute Gasteiger partial charge is 0.275 e. The van der Waals surface area contributed by atoms with Crippen molar-refractivity contribution in [3.63, 3.8) is 0 Å². The molecular weight excluding hydrogens is 410 g/mol. The lowest BCUT2D eigenvalue weighted by Crippen LogP contribution is -2.39. The molecule has 9 nitrogen and oxygen atoms in total. The summed E-state index contributed by atoms with van der Waals surface area (Å²) < 4.78 is 0. The number of nitrogens with one attached hydrogen (secondary N) is 2. The number of H-pyrrole nitrogens is 1. The molecule has 0 aliphatic heterocycles. The molecule has 0 radical (unpaired) electrons. The maximum atomic E-state index is 12.9. The molecule has 2 N–H and O–H groups in total. The average Bonchev–Trinajstić information content (AvgIpc) is 2.77. The monoisotopic (exact) mass is 441 g/mol. The lowest BCUT2D eigenvalue weighted by atomic mass is 9.69. The van der Waals surface area contributed by atoms with Gasteiger partial charge in [-0.05, 0) is 43.4 Å². The molecule has 1 aliphatic rings. The topological polar surface area (TPSA) is 131 Å². The van der Waals surface area contributed by atoms with E-state index in [9.17, 15) is 19.7 Å². The van der Waals surface area contributed by atoms with Crippen molar-refractivity contribution in [2.24, 2.45) is 17.3 Å². The summed E-state index contributed by atoms with van der Waals surface area (Å²) >= 11 is 0. The van der Waals surface area contributed by atoms with E-state index in [1.54, 1.807) is 6.07 Å². The fraction of sp³-hybridized carbons (Fsp3) is 0.565. The Morgan fingerprint density at radius 1 is 1.25 bits per heavy atom. The lowest BCUT2D eigenvalue weighted by Gasteiger charge is -2.36. The Hall–Kier alpha value is -3.10. The molecule has 1 aromatic carbocycles. The Morgan fingerprint density at radius 3 is 2.50 bits per heavy atom. The molecule has 1 aliphatic carbocycles. The van der Waals surface area contributed by atoms with Gasteiger partial charge in [0, 0.05) is 23.6 Å². The van der Waals surface area contributed by atoms with Gasteiger partial charge in [-0.3, -0.25) is 19.7 Å². The number of hydrogen-bond donors (Lipinski definition) is 2. The third-order valence-corrected chi connectivity index (χ3v) is 6.43. The Morgan fingerprint density at radius 2 is 1.94 bits per heavy atom. The highest BCUT2D eigenvalue weighted by Gasteiger charge is 2.33. The van der Waals surface area contributed by atoms with Crippen molar-refractivity contribution in [2.45, 2.75) is 65.8 Å². The van der Waals surface area contributed by atoms with Crippen LogP contribution in [0.5, 0.6) is 0 Å². The van der Waals surface area contributed by atoms with E-state index < -0.39 is 16.5 Å². The Kier molecular flexibility index (Phi) is 7.06. The number of amides is 1. The second kappa shape index (κ2) is 9.58. The van der Waals surface area contributed by atoms with Crippen LogP contribution in [0.4, 0.5) is 5.69 Å². The highest BCUT2D eigenvalue weighted by atomic mass is 16.6. The minimum atomic E-state index is -0.543. The van der Waals surface area contributed by atoms with Crippen molar-refractivity contribution in [3.05, 3.63) is 50.4 Å². The van der Waals surface area contributed by atoms with Gasteiger partial charge in [-0.2, -0.15) is 0 Å². The number of nitro benzene ring substituents is 1. The number of nitro groups is 1. The average molecular weight is 442 g/mol. The van der Waals surface area contributed by atoms with Gasteiger partial charge >= 0.3 is 0 Å². The predicted octanol–water partition coefficient (Wildman–Crippen LogP) is 4.16. The van der Waals surface area contributed by atoms with Crippen LogP contribution in [0, 0.1) is 27.4 Å². The number of nitrogens with zero attached hydrogens (tertiary/aromatic N) is 3. The summed E-state index contributed by atoms with van der Waals surface area (Å²) in [4.78, 5) is 38.7. The zero-order chi connectivity index (χ0) is 23.5. The molecule has 1 unspecified atom stereocenters. The first kappa shape index (κ1) is 23.6. The number of benzene rings is 1. The summed E-state index contributed by atoms with van der Waals surface area (Å²) in [7, 11) is 0. The zero-order valence-electron chi connectivity index (χ0n) is 19.1. The molecular formula is C23H31N5O4. The number of hydrogen-bond acceptors (Lipinski definition) is 6. The van der Waals surface area contributed by atoms with Crippen molar-refractivity contribution in [2.75, 3.05) is 0 Å². The molecule has 1 atom stereocenters. The molecule has 1 aromatic heterocycles. The van der Waals surface area contributed by atoms with E-state index in [4.69, 9.17) is 0 Å². The first-order valence-corrected chi connectivity index (χ1v) is 11.1. The minimum Gasteiger partial charge on any atom is -0.347 e. The lowest BCUT2D eigenvalue weighted by molar-refractivity contribution is -0.384. The Bertz CT molecular complexity index is 1040. The minimum absolute atomic E-state index is 0.0480. The van der Waals surface area contributed by atoms with Crippen molar-refractivity contribution in [1.29, 1.82) is 0 Å². The Balaban J connectivity index is 1.71. The first-order valence-electron chi connectivity index (χ1n) is 11.1. The van der Waals surface area contributed by atoms with Crippen LogP contribution in [0.3, 0.4) is 0 Å². The SMILES string of the molecule is CCC(NC(=O)C1CCC(C(C)(C)C)CC1)c1nnc(-c2cccc([N+](=O)[O-])c2)[nH]c1=O. The molecule has 0 saturated heterocycles. The van der Waals surface area contributed by atoms with E-state index in [1.807, 2.05) is 6.92 Å². The van der Waals surface area contributed by atoms with Crippen LogP contribution >= 0.6 is 0 Å². The molecule has 3 rings (SSSR count). The van der Waals surface area contributed by atoms with Crippen molar-refractivity contribution < 1.29 is 9.72 Å². The molecule has 0 spiro atoms. The molecule has 2 aromatic rings. The zero-order valence-corrected chi connectivity index (χ0v) is 19.1. The van der Waals surface area contributed by atoms with Gasteiger partial charge in [0.25, 0.3) is 11.2 Å². The van der Waals surface area contributed by atoms with Crippen LogP contribution < -0.4 is 10.9 Å². The molecule has 1 amide bonds. The first-order chi connectivity index (χ1) is 15.1. The van der Waals surface area contributed by atoms with Crippen LogP contribution in [0.1, 0.15) is 71.5 Å². The quantitative estimate of drug-likeness (QED) is 0.511. The molecule has 32 heavy (non-hydrogen) atoms. The maximum absolute atomic E-state index is 12.9. The molecule has 9 heteroatoms. The van der Waals surface area contributed by atoms with Crippen molar-refractivity contribution >= 4 is 11.6 Å². The van der Waals surface area contributed by atoms with Crippen molar-refractivity contribution in [1.82, 2.24) is 20.5 Å². The summed E-state index contributed by atoms with van der Waals surface area (Å²) in [6, 6.07) is 5.27. The highest BCUT2D eigenvalue weighted by Crippen LogP contribution is 2.40. The van der Waals surface area contributed by atoms with Gasteiger partial charge < -0.3 is 10.3 Å². The van der Waals surface area contributed by atoms with Crippen molar-refractivity contribution in [3.8, 4) is 11.4 Å². The van der Waals surface area contributed by atoms with Gasteiger partial charge in [0.1, 0.15) is 0 Å². The summed E-state index contributed by atoms with van der Waals surface area (Å²) in [5.41, 5.74) is 0.206. The third kappa shape index (κ3) is 5.38. The highest BCUT2D eigenvalue weighted by molar-refractivity contribution is 5.79. The standard InChI is InChI=1S/C23H31N5O4/c1-5-18(24-21(29)14-9-11-16(12-10-14)23(2,3)4)19-22(30)25-20(27-26-19)15-7-6-8-17(13-15)28(31)32/h6-8,13-14,16,18H,5,9-12H2,1-4H3,(H,24,29)(H,25,27,30). The van der Waals surface area contributed by atoms with Gasteiger partial charge in [-0.15, -0.1) is 10.2 Å². The number of aromatic amines is 1. The van der Waals surface area contributed by atoms with Gasteiger partial charge in [0.15, 0.2) is 11.5 Å². The summed E-state index contributed by atoms with van der Waals surface area (Å²) in [6.07, 6.45) is 4.24. The Labute approximate surface area is 187 Å². The summed E-state index contributed by atoms with van der Waals surface area (Å²) in [5.74, 6) is 0.653. The van der Waals surface area contributed by atoms with Gasteiger partial charge in [0.2, 0.25) is 5.91 Å². The van der Waals surface area contributed by atoms with Gasteiger partial charge in [-0.1, -0.05) is 39.8 Å². The van der Waals surface area contributed by atoms with E-state index >= 15 is 0 Å². The maximum Gasteiger partial charge on any atom is 0.275 e. The second-order valence-electron chi connectivity index (χ2n) is 9.58. The number of carbonyl (C=O) groups is 1. The predicted molar refractivity (Wildman–Crippen MR) is 121 cm³/mol. The van der Waals surface area contributed by atoms with Crippen LogP contribution in [0.25, 0.3) is 11.4 Å². The number of non-ortho nitro benzene ring substituents is 1. The largest absolute Gasteiger partial charge is 0.347 e. The van der Waals surface area contributed by atoms with E-state index in [2.05, 4.69) is 41.3 Å². The van der Waals surface area contributed by atoms with Crippen LogP contribution in [0.2, 0.25) is 0 Å². The van der Waals surface area contributed by atoms with E-state index in [0.29, 0.717) is 17.9 Å². The molecule has 0 bridgehead atoms. The number of carbonyl (C=O) groups excluding carboxylic acids is 1. The van der Waals surface area contributed by atoms with E-state index in [-0.39, 0.29) is 34.4 Å². The summed E-state index contributed by atoms with van der Waals surface area (Å²) in [6.45, 7) is 8.60. The normalized spacial score (nSPS) is 19.9. The molecule has 1 saturated carbocycles. The third-order valence-electron chi connectivity index (χ3n) is 6.43. The van der Waals surface area contributed by atoms with Crippen LogP contribution in [0.15, 0.2) is 29.1 Å². The van der Waals surface area contributed by atoms with Crippen LogP contribution in [-0.2, 0) is 4.79 Å². The van der Waals surface area contributed by atoms with E-state index in [0.717, 1.165) is 25.7 Å².